The minimum atomic E-state index is 0.229. The number of pyridine rings is 1. The number of hydrogen-bond acceptors (Lipinski definition) is 4. The number of oxime groups is 1. The number of nitrogens with two attached hydrogens (primary N) is 1. The summed E-state index contributed by atoms with van der Waals surface area (Å²) in [6.07, 6.45) is 2.29. The molecule has 1 rings (SSSR count). The summed E-state index contributed by atoms with van der Waals surface area (Å²) in [6, 6.07) is 1.95. The van der Waals surface area contributed by atoms with E-state index in [1.165, 1.54) is 0 Å². The molecule has 0 saturated carbocycles. The van der Waals surface area contributed by atoms with Crippen molar-refractivity contribution in [2.45, 2.75) is 20.3 Å². The Morgan fingerprint density at radius 2 is 2.35 bits per heavy atom. The van der Waals surface area contributed by atoms with Crippen molar-refractivity contribution in [3.05, 3.63) is 22.3 Å². The molecule has 1 aromatic rings. The Morgan fingerprint density at radius 3 is 2.94 bits per heavy atom. The number of rotatable bonds is 5. The van der Waals surface area contributed by atoms with Crippen LogP contribution in [0.3, 0.4) is 0 Å². The number of nitrogens with zero attached hydrogens (tertiary/aromatic N) is 3. The van der Waals surface area contributed by atoms with Gasteiger partial charge in [0.25, 0.3) is 0 Å². The molecule has 6 heteroatoms. The van der Waals surface area contributed by atoms with E-state index in [2.05, 4.69) is 31.0 Å². The van der Waals surface area contributed by atoms with E-state index in [0.29, 0.717) is 13.0 Å². The van der Waals surface area contributed by atoms with E-state index in [1.807, 2.05) is 19.9 Å². The second-order valence-electron chi connectivity index (χ2n) is 3.69. The van der Waals surface area contributed by atoms with Crippen molar-refractivity contribution >= 4 is 27.6 Å². The van der Waals surface area contributed by atoms with E-state index in [4.69, 9.17) is 10.9 Å². The highest BCUT2D eigenvalue weighted by molar-refractivity contribution is 9.10. The zero-order valence-electron chi connectivity index (χ0n) is 10.0. The third kappa shape index (κ3) is 3.59. The smallest absolute Gasteiger partial charge is 0.143 e. The molecule has 0 bridgehead atoms. The maximum Gasteiger partial charge on any atom is 0.143 e. The van der Waals surface area contributed by atoms with Gasteiger partial charge in [0, 0.05) is 25.7 Å². The number of halogens is 1. The summed E-state index contributed by atoms with van der Waals surface area (Å²) in [5.74, 6) is 1.12. The highest BCUT2D eigenvalue weighted by Crippen LogP contribution is 2.26. The summed E-state index contributed by atoms with van der Waals surface area (Å²) in [4.78, 5) is 6.43. The topological polar surface area (TPSA) is 74.7 Å². The first-order valence-electron chi connectivity index (χ1n) is 5.42. The average molecular weight is 301 g/mol. The highest BCUT2D eigenvalue weighted by Gasteiger charge is 2.11. The van der Waals surface area contributed by atoms with Gasteiger partial charge < -0.3 is 15.8 Å². The van der Waals surface area contributed by atoms with Gasteiger partial charge in [-0.2, -0.15) is 0 Å². The lowest BCUT2D eigenvalue weighted by Crippen LogP contribution is -2.29. The van der Waals surface area contributed by atoms with Crippen LogP contribution in [0.25, 0.3) is 0 Å². The third-order valence-electron chi connectivity index (χ3n) is 2.51. The molecule has 0 aliphatic rings. The SMILES string of the molecule is CCN(CC/C(N)=N/O)c1nccc(C)c1Br. The van der Waals surface area contributed by atoms with Crippen LogP contribution in [0.5, 0.6) is 0 Å². The van der Waals surface area contributed by atoms with Gasteiger partial charge in [0.1, 0.15) is 11.7 Å². The zero-order valence-corrected chi connectivity index (χ0v) is 11.6. The van der Waals surface area contributed by atoms with E-state index in [0.717, 1.165) is 22.4 Å². The van der Waals surface area contributed by atoms with E-state index < -0.39 is 0 Å². The molecule has 0 radical (unpaired) electrons. The molecule has 17 heavy (non-hydrogen) atoms. The van der Waals surface area contributed by atoms with Crippen LogP contribution in [-0.4, -0.2) is 29.1 Å². The van der Waals surface area contributed by atoms with Crippen molar-refractivity contribution in [2.75, 3.05) is 18.0 Å². The van der Waals surface area contributed by atoms with Gasteiger partial charge in [0.15, 0.2) is 0 Å². The normalized spacial score (nSPS) is 11.6. The van der Waals surface area contributed by atoms with Gasteiger partial charge in [-0.05, 0) is 41.4 Å². The molecular formula is C11H17BrN4O. The van der Waals surface area contributed by atoms with E-state index in [-0.39, 0.29) is 5.84 Å². The van der Waals surface area contributed by atoms with Gasteiger partial charge in [-0.1, -0.05) is 5.16 Å². The van der Waals surface area contributed by atoms with Gasteiger partial charge >= 0.3 is 0 Å². The summed E-state index contributed by atoms with van der Waals surface area (Å²) < 4.78 is 0.987. The number of aromatic nitrogens is 1. The molecule has 5 nitrogen and oxygen atoms in total. The van der Waals surface area contributed by atoms with Crippen LogP contribution in [0.4, 0.5) is 5.82 Å². The average Bonchev–Trinajstić information content (AvgIpc) is 2.34. The van der Waals surface area contributed by atoms with Crippen LogP contribution >= 0.6 is 15.9 Å². The molecule has 0 spiro atoms. The molecule has 1 aromatic heterocycles. The molecule has 0 amide bonds. The lowest BCUT2D eigenvalue weighted by atomic mass is 10.2. The molecular weight excluding hydrogens is 284 g/mol. The molecule has 0 unspecified atom stereocenters. The molecule has 0 aliphatic carbocycles. The van der Waals surface area contributed by atoms with Crippen LogP contribution in [-0.2, 0) is 0 Å². The standard InChI is InChI=1S/C11H17BrN4O/c1-3-16(7-5-9(13)15-17)11-10(12)8(2)4-6-14-11/h4,6,17H,3,5,7H2,1-2H3,(H2,13,15). The Labute approximate surface area is 109 Å². The van der Waals surface area contributed by atoms with Crippen molar-refractivity contribution < 1.29 is 5.21 Å². The van der Waals surface area contributed by atoms with Gasteiger partial charge in [-0.25, -0.2) is 4.98 Å². The molecule has 0 fully saturated rings. The summed E-state index contributed by atoms with van der Waals surface area (Å²) in [5.41, 5.74) is 6.60. The van der Waals surface area contributed by atoms with Crippen LogP contribution in [0.1, 0.15) is 18.9 Å². The predicted octanol–water partition coefficient (Wildman–Crippen LogP) is 2.12. The lowest BCUT2D eigenvalue weighted by molar-refractivity contribution is 0.317. The van der Waals surface area contributed by atoms with Crippen LogP contribution < -0.4 is 10.6 Å². The van der Waals surface area contributed by atoms with E-state index in [1.54, 1.807) is 6.20 Å². The van der Waals surface area contributed by atoms with Crippen LogP contribution in [0, 0.1) is 6.92 Å². The number of aryl methyl sites for hydroxylation is 1. The molecule has 0 aliphatic heterocycles. The fraction of sp³-hybridized carbons (Fsp3) is 0.455. The van der Waals surface area contributed by atoms with Gasteiger partial charge in [-0.15, -0.1) is 0 Å². The Balaban J connectivity index is 2.83. The minimum Gasteiger partial charge on any atom is -0.409 e. The Hall–Kier alpha value is -1.30. The van der Waals surface area contributed by atoms with Crippen molar-refractivity contribution in [3.8, 4) is 0 Å². The first kappa shape index (κ1) is 13.8. The minimum absolute atomic E-state index is 0.229. The molecule has 1 heterocycles. The third-order valence-corrected chi connectivity index (χ3v) is 3.49. The van der Waals surface area contributed by atoms with Crippen molar-refractivity contribution in [2.24, 2.45) is 10.9 Å². The molecule has 0 atom stereocenters. The van der Waals surface area contributed by atoms with Gasteiger partial charge in [0.2, 0.25) is 0 Å². The first-order valence-corrected chi connectivity index (χ1v) is 6.21. The van der Waals surface area contributed by atoms with Crippen LogP contribution in [0.15, 0.2) is 21.9 Å². The Bertz CT molecular complexity index is 408. The predicted molar refractivity (Wildman–Crippen MR) is 72.6 cm³/mol. The second kappa shape index (κ2) is 6.44. The maximum absolute atomic E-state index is 8.51. The van der Waals surface area contributed by atoms with Gasteiger partial charge in [0.05, 0.1) is 4.47 Å². The van der Waals surface area contributed by atoms with Crippen LogP contribution in [0.2, 0.25) is 0 Å². The van der Waals surface area contributed by atoms with Crippen molar-refractivity contribution in [1.29, 1.82) is 0 Å². The maximum atomic E-state index is 8.51. The molecule has 3 N–H and O–H groups in total. The Morgan fingerprint density at radius 1 is 1.65 bits per heavy atom. The second-order valence-corrected chi connectivity index (χ2v) is 4.48. The molecule has 94 valence electrons. The molecule has 0 aromatic carbocycles. The monoisotopic (exact) mass is 300 g/mol. The quantitative estimate of drug-likeness (QED) is 0.378. The first-order chi connectivity index (χ1) is 8.10. The Kier molecular flexibility index (Phi) is 5.21. The summed E-state index contributed by atoms with van der Waals surface area (Å²) in [7, 11) is 0. The number of amidine groups is 1. The summed E-state index contributed by atoms with van der Waals surface area (Å²) in [6.45, 7) is 5.55. The van der Waals surface area contributed by atoms with E-state index >= 15 is 0 Å². The lowest BCUT2D eigenvalue weighted by Gasteiger charge is -2.23. The van der Waals surface area contributed by atoms with Gasteiger partial charge in [-0.3, -0.25) is 0 Å². The number of hydrogen-bond donors (Lipinski definition) is 2. The number of anilines is 1. The van der Waals surface area contributed by atoms with Crippen molar-refractivity contribution in [3.63, 3.8) is 0 Å². The fourth-order valence-electron chi connectivity index (χ4n) is 1.46. The van der Waals surface area contributed by atoms with E-state index in [9.17, 15) is 0 Å². The fourth-order valence-corrected chi connectivity index (χ4v) is 1.94. The molecule has 0 saturated heterocycles. The van der Waals surface area contributed by atoms with Crippen molar-refractivity contribution in [1.82, 2.24) is 4.98 Å². The largest absolute Gasteiger partial charge is 0.409 e. The summed E-state index contributed by atoms with van der Waals surface area (Å²) >= 11 is 3.53. The highest BCUT2D eigenvalue weighted by atomic mass is 79.9. The zero-order chi connectivity index (χ0) is 12.8. The summed E-state index contributed by atoms with van der Waals surface area (Å²) in [5, 5.41) is 11.5.